The molecule has 126 valence electrons. The van der Waals surface area contributed by atoms with Gasteiger partial charge in [-0.3, -0.25) is 14.9 Å². The minimum atomic E-state index is -0.410. The van der Waals surface area contributed by atoms with Gasteiger partial charge in [-0.15, -0.1) is 5.10 Å². The van der Waals surface area contributed by atoms with E-state index in [1.807, 2.05) is 4.90 Å². The van der Waals surface area contributed by atoms with E-state index >= 15 is 0 Å². The molecule has 0 spiro atoms. The molecule has 0 saturated carbocycles. The number of nitrogens with one attached hydrogen (secondary N) is 1. The molecule has 2 aromatic rings. The molecule has 0 bridgehead atoms. The first-order valence-corrected chi connectivity index (χ1v) is 8.38. The van der Waals surface area contributed by atoms with Gasteiger partial charge in [-0.05, 0) is 12.1 Å². The maximum absolute atomic E-state index is 12.2. The van der Waals surface area contributed by atoms with Crippen LogP contribution < -0.4 is 4.90 Å². The maximum atomic E-state index is 12.2. The Kier molecular flexibility index (Phi) is 4.94. The van der Waals surface area contributed by atoms with Gasteiger partial charge in [-0.25, -0.2) is 0 Å². The molecule has 1 aromatic heterocycles. The third-order valence-corrected chi connectivity index (χ3v) is 4.68. The summed E-state index contributed by atoms with van der Waals surface area (Å²) in [7, 11) is 0. The van der Waals surface area contributed by atoms with Gasteiger partial charge in [-0.2, -0.15) is 10.3 Å². The molecule has 0 unspecified atom stereocenters. The molecule has 1 aliphatic rings. The van der Waals surface area contributed by atoms with Gasteiger partial charge in [0.25, 0.3) is 5.69 Å². The van der Waals surface area contributed by atoms with Crippen molar-refractivity contribution in [3.63, 3.8) is 0 Å². The first kappa shape index (κ1) is 16.2. The van der Waals surface area contributed by atoms with Gasteiger partial charge in [0.1, 0.15) is 5.03 Å². The quantitative estimate of drug-likeness (QED) is 0.490. The first-order chi connectivity index (χ1) is 11.6. The summed E-state index contributed by atoms with van der Waals surface area (Å²) in [5.41, 5.74) is 1.02. The average molecular weight is 348 g/mol. The van der Waals surface area contributed by atoms with Crippen LogP contribution in [0.3, 0.4) is 0 Å². The summed E-state index contributed by atoms with van der Waals surface area (Å²) in [5, 5.41) is 21.5. The zero-order chi connectivity index (χ0) is 16.9. The monoisotopic (exact) mass is 348 g/mol. The number of nitro groups is 1. The van der Waals surface area contributed by atoms with Crippen LogP contribution in [-0.2, 0) is 4.79 Å². The smallest absolute Gasteiger partial charge is 0.269 e. The highest BCUT2D eigenvalue weighted by molar-refractivity contribution is 7.99. The molecule has 24 heavy (non-hydrogen) atoms. The van der Waals surface area contributed by atoms with E-state index in [-0.39, 0.29) is 11.6 Å². The highest BCUT2D eigenvalue weighted by Gasteiger charge is 2.21. The summed E-state index contributed by atoms with van der Waals surface area (Å²) < 4.78 is 0. The van der Waals surface area contributed by atoms with Crippen LogP contribution in [0.5, 0.6) is 0 Å². The Labute approximate surface area is 142 Å². The number of H-pyrrole nitrogens is 1. The Morgan fingerprint density at radius 3 is 2.54 bits per heavy atom. The molecule has 2 heterocycles. The number of hydrogen-bond donors (Lipinski definition) is 1. The van der Waals surface area contributed by atoms with Gasteiger partial charge in [0.2, 0.25) is 5.91 Å². The Balaban J connectivity index is 1.49. The van der Waals surface area contributed by atoms with Gasteiger partial charge >= 0.3 is 0 Å². The molecular formula is C14H16N6O3S. The fourth-order valence-electron chi connectivity index (χ4n) is 2.49. The Morgan fingerprint density at radius 1 is 1.25 bits per heavy atom. The lowest BCUT2D eigenvalue weighted by Gasteiger charge is -2.36. The third kappa shape index (κ3) is 3.82. The van der Waals surface area contributed by atoms with Gasteiger partial charge in [-0.1, -0.05) is 11.8 Å². The van der Waals surface area contributed by atoms with E-state index in [2.05, 4.69) is 20.3 Å². The molecule has 1 fully saturated rings. The Morgan fingerprint density at radius 2 is 1.96 bits per heavy atom. The zero-order valence-electron chi connectivity index (χ0n) is 12.8. The summed E-state index contributed by atoms with van der Waals surface area (Å²) >= 11 is 1.36. The third-order valence-electron chi connectivity index (χ3n) is 3.79. The number of piperazine rings is 1. The van der Waals surface area contributed by atoms with Crippen molar-refractivity contribution in [3.05, 3.63) is 40.6 Å². The van der Waals surface area contributed by atoms with Crippen molar-refractivity contribution in [1.29, 1.82) is 0 Å². The highest BCUT2D eigenvalue weighted by atomic mass is 32.2. The molecule has 0 atom stereocenters. The number of anilines is 1. The summed E-state index contributed by atoms with van der Waals surface area (Å²) in [6.45, 7) is 2.68. The van der Waals surface area contributed by atoms with E-state index in [0.29, 0.717) is 37.0 Å². The predicted molar refractivity (Wildman–Crippen MR) is 89.0 cm³/mol. The minimum Gasteiger partial charge on any atom is -0.368 e. The largest absolute Gasteiger partial charge is 0.368 e. The van der Waals surface area contributed by atoms with Crippen LogP contribution in [0.2, 0.25) is 0 Å². The molecule has 1 aliphatic heterocycles. The summed E-state index contributed by atoms with van der Waals surface area (Å²) in [4.78, 5) is 26.4. The lowest BCUT2D eigenvalue weighted by molar-refractivity contribution is -0.384. The van der Waals surface area contributed by atoms with Crippen molar-refractivity contribution in [2.75, 3.05) is 36.8 Å². The summed E-state index contributed by atoms with van der Waals surface area (Å²) in [5.74, 6) is 0.413. The lowest BCUT2D eigenvalue weighted by atomic mass is 10.2. The van der Waals surface area contributed by atoms with E-state index in [4.69, 9.17) is 0 Å². The standard InChI is InChI=1S/C14H16N6O3S/c21-14(10-24-13-9-15-17-16-13)19-7-5-18(6-8-19)11-1-3-12(4-2-11)20(22)23/h1-4,9H,5-8,10H2,(H,15,16,17). The van der Waals surface area contributed by atoms with Crippen molar-refractivity contribution < 1.29 is 9.72 Å². The van der Waals surface area contributed by atoms with Gasteiger partial charge < -0.3 is 9.80 Å². The Bertz CT molecular complexity index is 698. The molecule has 1 saturated heterocycles. The van der Waals surface area contributed by atoms with Crippen molar-refractivity contribution in [2.45, 2.75) is 5.03 Å². The van der Waals surface area contributed by atoms with Crippen LogP contribution in [0.1, 0.15) is 0 Å². The van der Waals surface area contributed by atoms with Crippen molar-refractivity contribution in [3.8, 4) is 0 Å². The van der Waals surface area contributed by atoms with Crippen molar-refractivity contribution in [1.82, 2.24) is 20.3 Å². The fourth-order valence-corrected chi connectivity index (χ4v) is 3.17. The van der Waals surface area contributed by atoms with Crippen LogP contribution in [0, 0.1) is 10.1 Å². The van der Waals surface area contributed by atoms with Crippen LogP contribution in [0.4, 0.5) is 11.4 Å². The molecule has 0 aliphatic carbocycles. The number of nitrogens with zero attached hydrogens (tertiary/aromatic N) is 5. The van der Waals surface area contributed by atoms with E-state index in [1.54, 1.807) is 18.3 Å². The van der Waals surface area contributed by atoms with Crippen LogP contribution >= 0.6 is 11.8 Å². The highest BCUT2D eigenvalue weighted by Crippen LogP contribution is 2.21. The topological polar surface area (TPSA) is 108 Å². The number of aromatic amines is 1. The minimum absolute atomic E-state index is 0.0753. The molecule has 3 rings (SSSR count). The second-order valence-corrected chi connectivity index (χ2v) is 6.23. The number of nitro benzene ring substituents is 1. The maximum Gasteiger partial charge on any atom is 0.269 e. The van der Waals surface area contributed by atoms with E-state index in [1.165, 1.54) is 23.9 Å². The summed E-state index contributed by atoms with van der Waals surface area (Å²) in [6, 6.07) is 6.49. The number of non-ortho nitro benzene ring substituents is 1. The number of rotatable bonds is 5. The molecule has 1 amide bonds. The normalized spacial score (nSPS) is 14.7. The number of aromatic nitrogens is 3. The molecular weight excluding hydrogens is 332 g/mol. The number of thioether (sulfide) groups is 1. The predicted octanol–water partition coefficient (Wildman–Crippen LogP) is 1.15. The number of benzene rings is 1. The zero-order valence-corrected chi connectivity index (χ0v) is 13.6. The second kappa shape index (κ2) is 7.30. The van der Waals surface area contributed by atoms with Crippen molar-refractivity contribution in [2.24, 2.45) is 0 Å². The number of carbonyl (C=O) groups excluding carboxylic acids is 1. The first-order valence-electron chi connectivity index (χ1n) is 7.39. The average Bonchev–Trinajstić information content (AvgIpc) is 3.13. The molecule has 1 aromatic carbocycles. The second-order valence-electron chi connectivity index (χ2n) is 5.24. The van der Waals surface area contributed by atoms with Crippen LogP contribution in [-0.4, -0.2) is 63.1 Å². The molecule has 9 nitrogen and oxygen atoms in total. The van der Waals surface area contributed by atoms with Gasteiger partial charge in [0, 0.05) is 44.0 Å². The molecule has 1 N–H and O–H groups in total. The van der Waals surface area contributed by atoms with Crippen LogP contribution in [0.25, 0.3) is 0 Å². The Hall–Kier alpha value is -2.62. The lowest BCUT2D eigenvalue weighted by Crippen LogP contribution is -2.49. The van der Waals surface area contributed by atoms with Gasteiger partial charge in [0.15, 0.2) is 0 Å². The SMILES string of the molecule is O=C(CSc1cn[nH]n1)N1CCN(c2ccc([N+](=O)[O-])cc2)CC1. The summed E-state index contributed by atoms with van der Waals surface area (Å²) in [6.07, 6.45) is 1.59. The number of carbonyl (C=O) groups is 1. The molecule has 0 radical (unpaired) electrons. The number of amides is 1. The van der Waals surface area contributed by atoms with Gasteiger partial charge in [0.05, 0.1) is 16.9 Å². The van der Waals surface area contributed by atoms with E-state index in [0.717, 1.165) is 5.69 Å². The number of hydrogen-bond acceptors (Lipinski definition) is 7. The van der Waals surface area contributed by atoms with E-state index < -0.39 is 4.92 Å². The van der Waals surface area contributed by atoms with Crippen molar-refractivity contribution >= 4 is 29.0 Å². The van der Waals surface area contributed by atoms with E-state index in [9.17, 15) is 14.9 Å². The molecule has 10 heteroatoms. The van der Waals surface area contributed by atoms with Crippen LogP contribution in [0.15, 0.2) is 35.5 Å². The fraction of sp³-hybridized carbons (Fsp3) is 0.357.